The van der Waals surface area contributed by atoms with Gasteiger partial charge in [-0.2, -0.15) is 0 Å². The lowest BCUT2D eigenvalue weighted by atomic mass is 10.1. The third-order valence-corrected chi connectivity index (χ3v) is 3.87. The Bertz CT molecular complexity index is 641. The van der Waals surface area contributed by atoms with Gasteiger partial charge in [0.05, 0.1) is 0 Å². The van der Waals surface area contributed by atoms with Crippen molar-refractivity contribution in [1.82, 2.24) is 0 Å². The number of nitrogens with one attached hydrogen (secondary N) is 1. The van der Waals surface area contributed by atoms with E-state index in [4.69, 9.17) is 0 Å². The van der Waals surface area contributed by atoms with Crippen LogP contribution in [-0.4, -0.2) is 5.91 Å². The standard InChI is InChI=1S/C17H16FNO/c1-11-8-15(18)6-7-16(11)19-17(20)14-9-12-4-2-3-5-13(12)10-14/h2-8,14H,9-10H2,1H3,(H,19,20). The highest BCUT2D eigenvalue weighted by Crippen LogP contribution is 2.27. The van der Waals surface area contributed by atoms with Gasteiger partial charge in [0, 0.05) is 11.6 Å². The van der Waals surface area contributed by atoms with Crippen LogP contribution >= 0.6 is 0 Å². The van der Waals surface area contributed by atoms with E-state index >= 15 is 0 Å². The molecule has 1 aliphatic carbocycles. The fourth-order valence-corrected chi connectivity index (χ4v) is 2.75. The van der Waals surface area contributed by atoms with Gasteiger partial charge in [0.2, 0.25) is 5.91 Å². The van der Waals surface area contributed by atoms with E-state index in [0.717, 1.165) is 18.4 Å². The molecular weight excluding hydrogens is 253 g/mol. The first-order valence-corrected chi connectivity index (χ1v) is 6.77. The smallest absolute Gasteiger partial charge is 0.228 e. The lowest BCUT2D eigenvalue weighted by Crippen LogP contribution is -2.23. The molecule has 0 aromatic heterocycles. The Morgan fingerprint density at radius 3 is 2.40 bits per heavy atom. The maximum atomic E-state index is 13.1. The fraction of sp³-hybridized carbons (Fsp3) is 0.235. The van der Waals surface area contributed by atoms with Crippen molar-refractivity contribution in [3.05, 3.63) is 65.0 Å². The van der Waals surface area contributed by atoms with Gasteiger partial charge in [0.1, 0.15) is 5.82 Å². The topological polar surface area (TPSA) is 29.1 Å². The second-order valence-corrected chi connectivity index (χ2v) is 5.32. The van der Waals surface area contributed by atoms with Gasteiger partial charge in [-0.1, -0.05) is 24.3 Å². The number of rotatable bonds is 2. The molecule has 0 atom stereocenters. The van der Waals surface area contributed by atoms with Gasteiger partial charge in [0.15, 0.2) is 0 Å². The Kier molecular flexibility index (Phi) is 3.26. The third-order valence-electron chi connectivity index (χ3n) is 3.87. The summed E-state index contributed by atoms with van der Waals surface area (Å²) in [7, 11) is 0. The number of halogens is 1. The molecule has 2 aromatic carbocycles. The first kappa shape index (κ1) is 12.9. The molecule has 20 heavy (non-hydrogen) atoms. The maximum Gasteiger partial charge on any atom is 0.228 e. The van der Waals surface area contributed by atoms with Crippen LogP contribution in [0.4, 0.5) is 10.1 Å². The number of hydrogen-bond acceptors (Lipinski definition) is 1. The summed E-state index contributed by atoms with van der Waals surface area (Å²) in [5.41, 5.74) is 3.94. The summed E-state index contributed by atoms with van der Waals surface area (Å²) in [5.74, 6) is -0.304. The van der Waals surface area contributed by atoms with Crippen molar-refractivity contribution in [2.45, 2.75) is 19.8 Å². The average Bonchev–Trinajstić information content (AvgIpc) is 2.86. The van der Waals surface area contributed by atoms with Crippen molar-refractivity contribution in [3.8, 4) is 0 Å². The van der Waals surface area contributed by atoms with Crippen molar-refractivity contribution >= 4 is 11.6 Å². The highest BCUT2D eigenvalue weighted by atomic mass is 19.1. The van der Waals surface area contributed by atoms with E-state index in [1.165, 1.54) is 23.3 Å². The number of amides is 1. The highest BCUT2D eigenvalue weighted by Gasteiger charge is 2.27. The summed E-state index contributed by atoms with van der Waals surface area (Å²) in [4.78, 5) is 12.3. The van der Waals surface area contributed by atoms with Crippen molar-refractivity contribution in [2.75, 3.05) is 5.32 Å². The van der Waals surface area contributed by atoms with Crippen molar-refractivity contribution in [2.24, 2.45) is 5.92 Å². The monoisotopic (exact) mass is 269 g/mol. The molecule has 0 aliphatic heterocycles. The number of benzene rings is 2. The molecule has 1 N–H and O–H groups in total. The molecule has 0 unspecified atom stereocenters. The minimum Gasteiger partial charge on any atom is -0.326 e. The van der Waals surface area contributed by atoms with Gasteiger partial charge >= 0.3 is 0 Å². The van der Waals surface area contributed by atoms with Crippen LogP contribution in [0.5, 0.6) is 0 Å². The van der Waals surface area contributed by atoms with E-state index in [1.54, 1.807) is 13.0 Å². The van der Waals surface area contributed by atoms with E-state index in [1.807, 2.05) is 12.1 Å². The second kappa shape index (κ2) is 5.08. The summed E-state index contributed by atoms with van der Waals surface area (Å²) in [5, 5.41) is 2.91. The molecule has 0 radical (unpaired) electrons. The molecule has 2 aromatic rings. The lowest BCUT2D eigenvalue weighted by molar-refractivity contribution is -0.119. The molecule has 102 valence electrons. The molecule has 0 fully saturated rings. The van der Waals surface area contributed by atoms with Crippen LogP contribution in [0.1, 0.15) is 16.7 Å². The number of aryl methyl sites for hydroxylation is 1. The average molecular weight is 269 g/mol. The molecule has 0 spiro atoms. The van der Waals surface area contributed by atoms with Gasteiger partial charge in [-0.15, -0.1) is 0 Å². The molecular formula is C17H16FNO. The zero-order valence-electron chi connectivity index (χ0n) is 11.3. The van der Waals surface area contributed by atoms with Gasteiger partial charge in [0.25, 0.3) is 0 Å². The first-order chi connectivity index (χ1) is 9.63. The van der Waals surface area contributed by atoms with E-state index in [0.29, 0.717) is 5.69 Å². The number of carbonyl (C=O) groups excluding carboxylic acids is 1. The lowest BCUT2D eigenvalue weighted by Gasteiger charge is -2.12. The summed E-state index contributed by atoms with van der Waals surface area (Å²) >= 11 is 0. The molecule has 0 saturated heterocycles. The SMILES string of the molecule is Cc1cc(F)ccc1NC(=O)C1Cc2ccccc2C1. The largest absolute Gasteiger partial charge is 0.326 e. The summed E-state index contributed by atoms with van der Waals surface area (Å²) in [6, 6.07) is 12.6. The van der Waals surface area contributed by atoms with Crippen molar-refractivity contribution < 1.29 is 9.18 Å². The van der Waals surface area contributed by atoms with Crippen LogP contribution in [0.15, 0.2) is 42.5 Å². The molecule has 0 bridgehead atoms. The summed E-state index contributed by atoms with van der Waals surface area (Å²) in [6.07, 6.45) is 1.56. The zero-order valence-corrected chi connectivity index (χ0v) is 11.3. The minimum atomic E-state index is -0.284. The van der Waals surface area contributed by atoms with Crippen LogP contribution in [0.25, 0.3) is 0 Å². The van der Waals surface area contributed by atoms with Crippen LogP contribution in [0.2, 0.25) is 0 Å². The molecule has 3 heteroatoms. The molecule has 1 amide bonds. The first-order valence-electron chi connectivity index (χ1n) is 6.77. The molecule has 0 saturated carbocycles. The van der Waals surface area contributed by atoms with Crippen LogP contribution in [0, 0.1) is 18.7 Å². The second-order valence-electron chi connectivity index (χ2n) is 5.32. The van der Waals surface area contributed by atoms with Gasteiger partial charge in [-0.3, -0.25) is 4.79 Å². The van der Waals surface area contributed by atoms with Crippen LogP contribution in [0.3, 0.4) is 0 Å². The molecule has 3 rings (SSSR count). The third kappa shape index (κ3) is 2.44. The highest BCUT2D eigenvalue weighted by molar-refractivity contribution is 5.94. The summed E-state index contributed by atoms with van der Waals surface area (Å²) < 4.78 is 13.1. The molecule has 2 nitrogen and oxygen atoms in total. The molecule has 1 aliphatic rings. The fourth-order valence-electron chi connectivity index (χ4n) is 2.75. The van der Waals surface area contributed by atoms with E-state index in [-0.39, 0.29) is 17.6 Å². The van der Waals surface area contributed by atoms with Crippen molar-refractivity contribution in [1.29, 1.82) is 0 Å². The van der Waals surface area contributed by atoms with Crippen LogP contribution in [-0.2, 0) is 17.6 Å². The normalized spacial score (nSPS) is 14.1. The molecule has 0 heterocycles. The number of carbonyl (C=O) groups is 1. The summed E-state index contributed by atoms with van der Waals surface area (Å²) in [6.45, 7) is 1.79. The zero-order chi connectivity index (χ0) is 14.1. The predicted molar refractivity (Wildman–Crippen MR) is 77.1 cm³/mol. The minimum absolute atomic E-state index is 0.0101. The maximum absolute atomic E-state index is 13.1. The van der Waals surface area contributed by atoms with E-state index < -0.39 is 0 Å². The van der Waals surface area contributed by atoms with Crippen LogP contribution < -0.4 is 5.32 Å². The Hall–Kier alpha value is -2.16. The van der Waals surface area contributed by atoms with Crippen molar-refractivity contribution in [3.63, 3.8) is 0 Å². The number of anilines is 1. The van der Waals surface area contributed by atoms with E-state index in [9.17, 15) is 9.18 Å². The quantitative estimate of drug-likeness (QED) is 0.888. The van der Waals surface area contributed by atoms with Gasteiger partial charge < -0.3 is 5.32 Å². The van der Waals surface area contributed by atoms with Gasteiger partial charge in [-0.25, -0.2) is 4.39 Å². The Morgan fingerprint density at radius 1 is 1.15 bits per heavy atom. The Labute approximate surface area is 117 Å². The Balaban J connectivity index is 1.72. The Morgan fingerprint density at radius 2 is 1.80 bits per heavy atom. The van der Waals surface area contributed by atoms with E-state index in [2.05, 4.69) is 17.4 Å². The number of hydrogen-bond donors (Lipinski definition) is 1. The number of fused-ring (bicyclic) bond motifs is 1. The predicted octanol–water partition coefficient (Wildman–Crippen LogP) is 3.49. The van der Waals surface area contributed by atoms with Gasteiger partial charge in [-0.05, 0) is 54.7 Å².